The molecule has 0 spiro atoms. The number of furan rings is 1. The van der Waals surface area contributed by atoms with Crippen LogP contribution in [0.25, 0.3) is 0 Å². The molecule has 7 heteroatoms. The van der Waals surface area contributed by atoms with Gasteiger partial charge in [-0.15, -0.1) is 35.3 Å². The van der Waals surface area contributed by atoms with Gasteiger partial charge >= 0.3 is 0 Å². The van der Waals surface area contributed by atoms with Crippen molar-refractivity contribution in [1.82, 2.24) is 10.2 Å². The minimum absolute atomic E-state index is 0. The Bertz CT molecular complexity index is 540. The van der Waals surface area contributed by atoms with Crippen molar-refractivity contribution in [3.05, 3.63) is 46.5 Å². The molecule has 0 aliphatic rings. The number of thiophene rings is 1. The summed E-state index contributed by atoms with van der Waals surface area (Å²) < 4.78 is 5.45. The molecule has 0 saturated carbocycles. The minimum Gasteiger partial charge on any atom is -0.468 e. The standard InChI is InChI=1S/C15H22N4OS.HI/c1-19(2)13(14-6-3-9-20-14)11-18-15(16)17-8-7-12-5-4-10-21-12;/h3-6,9-10,13H,7-8,11H2,1-2H3,(H3,16,17,18);1H. The fraction of sp³-hybridized carbons (Fsp3) is 0.400. The Morgan fingerprint density at radius 2 is 2.23 bits per heavy atom. The van der Waals surface area contributed by atoms with Gasteiger partial charge in [0.05, 0.1) is 18.8 Å². The molecule has 1 unspecified atom stereocenters. The van der Waals surface area contributed by atoms with Crippen LogP contribution in [-0.2, 0) is 6.42 Å². The third-order valence-electron chi connectivity index (χ3n) is 3.19. The lowest BCUT2D eigenvalue weighted by Crippen LogP contribution is -2.34. The maximum absolute atomic E-state index is 5.91. The fourth-order valence-electron chi connectivity index (χ4n) is 2.00. The van der Waals surface area contributed by atoms with E-state index >= 15 is 0 Å². The van der Waals surface area contributed by atoms with Gasteiger partial charge in [-0.3, -0.25) is 9.89 Å². The summed E-state index contributed by atoms with van der Waals surface area (Å²) in [5.41, 5.74) is 5.91. The number of rotatable bonds is 7. The zero-order valence-electron chi connectivity index (χ0n) is 12.9. The lowest BCUT2D eigenvalue weighted by molar-refractivity contribution is 0.265. The minimum atomic E-state index is 0. The molecule has 0 radical (unpaired) electrons. The second-order valence-electron chi connectivity index (χ2n) is 4.98. The van der Waals surface area contributed by atoms with E-state index in [4.69, 9.17) is 10.2 Å². The summed E-state index contributed by atoms with van der Waals surface area (Å²) in [5, 5.41) is 5.23. The molecule has 0 aromatic carbocycles. The van der Waals surface area contributed by atoms with E-state index in [0.717, 1.165) is 18.7 Å². The number of hydrogen-bond donors (Lipinski definition) is 2. The molecular weight excluding hydrogens is 411 g/mol. The van der Waals surface area contributed by atoms with Gasteiger partial charge in [0, 0.05) is 11.4 Å². The van der Waals surface area contributed by atoms with Crippen LogP contribution in [0.5, 0.6) is 0 Å². The van der Waals surface area contributed by atoms with Gasteiger partial charge in [-0.1, -0.05) is 6.07 Å². The average Bonchev–Trinajstić information content (AvgIpc) is 3.11. The molecule has 0 aliphatic carbocycles. The first-order valence-corrected chi connectivity index (χ1v) is 7.81. The molecule has 0 saturated heterocycles. The molecule has 0 aliphatic heterocycles. The van der Waals surface area contributed by atoms with Crippen molar-refractivity contribution < 1.29 is 4.42 Å². The molecule has 2 aromatic heterocycles. The van der Waals surface area contributed by atoms with E-state index in [2.05, 4.69) is 32.7 Å². The Hall–Kier alpha value is -1.06. The van der Waals surface area contributed by atoms with Crippen molar-refractivity contribution >= 4 is 41.3 Å². The number of nitrogens with zero attached hydrogens (tertiary/aromatic N) is 2. The molecule has 22 heavy (non-hydrogen) atoms. The summed E-state index contributed by atoms with van der Waals surface area (Å²) in [6.07, 6.45) is 2.64. The molecule has 0 bridgehead atoms. The monoisotopic (exact) mass is 434 g/mol. The normalized spacial score (nSPS) is 13.0. The lowest BCUT2D eigenvalue weighted by atomic mass is 10.2. The van der Waals surface area contributed by atoms with Crippen LogP contribution in [-0.4, -0.2) is 38.0 Å². The highest BCUT2D eigenvalue weighted by molar-refractivity contribution is 14.0. The number of hydrogen-bond acceptors (Lipinski definition) is 4. The van der Waals surface area contributed by atoms with E-state index in [1.165, 1.54) is 4.88 Å². The zero-order chi connectivity index (χ0) is 15.1. The highest BCUT2D eigenvalue weighted by Crippen LogP contribution is 2.18. The Labute approximate surface area is 152 Å². The van der Waals surface area contributed by atoms with Gasteiger partial charge in [0.2, 0.25) is 0 Å². The Balaban J connectivity index is 0.00000242. The molecule has 2 rings (SSSR count). The topological polar surface area (TPSA) is 66.8 Å². The number of aliphatic imine (C=N–C) groups is 1. The predicted octanol–water partition coefficient (Wildman–Crippen LogP) is 2.71. The van der Waals surface area contributed by atoms with E-state index in [1.807, 2.05) is 26.2 Å². The number of guanidine groups is 1. The maximum atomic E-state index is 5.91. The van der Waals surface area contributed by atoms with Crippen molar-refractivity contribution in [3.63, 3.8) is 0 Å². The van der Waals surface area contributed by atoms with Gasteiger partial charge < -0.3 is 15.5 Å². The van der Waals surface area contributed by atoms with Crippen molar-refractivity contribution in [2.75, 3.05) is 27.2 Å². The summed E-state index contributed by atoms with van der Waals surface area (Å²) in [7, 11) is 4.01. The van der Waals surface area contributed by atoms with Gasteiger partial charge in [0.25, 0.3) is 0 Å². The van der Waals surface area contributed by atoms with Crippen LogP contribution in [0.4, 0.5) is 0 Å². The first-order valence-electron chi connectivity index (χ1n) is 6.93. The van der Waals surface area contributed by atoms with Crippen molar-refractivity contribution in [3.8, 4) is 0 Å². The molecule has 5 nitrogen and oxygen atoms in total. The van der Waals surface area contributed by atoms with Crippen LogP contribution >= 0.6 is 35.3 Å². The van der Waals surface area contributed by atoms with Crippen LogP contribution in [0.1, 0.15) is 16.7 Å². The molecule has 122 valence electrons. The highest BCUT2D eigenvalue weighted by Gasteiger charge is 2.16. The Morgan fingerprint density at radius 3 is 2.82 bits per heavy atom. The van der Waals surface area contributed by atoms with Crippen molar-refractivity contribution in [2.24, 2.45) is 10.7 Å². The summed E-state index contributed by atoms with van der Waals surface area (Å²) in [6, 6.07) is 8.12. The number of halogens is 1. The number of nitrogens with one attached hydrogen (secondary N) is 1. The predicted molar refractivity (Wildman–Crippen MR) is 103 cm³/mol. The van der Waals surface area contributed by atoms with Gasteiger partial charge in [-0.25, -0.2) is 0 Å². The van der Waals surface area contributed by atoms with Gasteiger partial charge in [0.15, 0.2) is 5.96 Å². The third kappa shape index (κ3) is 5.98. The van der Waals surface area contributed by atoms with Crippen molar-refractivity contribution in [2.45, 2.75) is 12.5 Å². The number of nitrogens with two attached hydrogens (primary N) is 1. The smallest absolute Gasteiger partial charge is 0.188 e. The lowest BCUT2D eigenvalue weighted by Gasteiger charge is -2.20. The summed E-state index contributed by atoms with van der Waals surface area (Å²) in [6.45, 7) is 1.36. The van der Waals surface area contributed by atoms with Gasteiger partial charge in [-0.05, 0) is 44.1 Å². The van der Waals surface area contributed by atoms with Crippen LogP contribution < -0.4 is 11.1 Å². The molecule has 2 aromatic rings. The first-order chi connectivity index (χ1) is 10.2. The van der Waals surface area contributed by atoms with E-state index in [0.29, 0.717) is 12.5 Å². The maximum Gasteiger partial charge on any atom is 0.188 e. The van der Waals surface area contributed by atoms with Crippen LogP contribution in [0.2, 0.25) is 0 Å². The molecule has 2 heterocycles. The third-order valence-corrected chi connectivity index (χ3v) is 4.12. The molecule has 0 amide bonds. The second-order valence-corrected chi connectivity index (χ2v) is 6.01. The quantitative estimate of drug-likeness (QED) is 0.400. The first kappa shape index (κ1) is 19.0. The highest BCUT2D eigenvalue weighted by atomic mass is 127. The largest absolute Gasteiger partial charge is 0.468 e. The van der Waals surface area contributed by atoms with E-state index in [-0.39, 0.29) is 30.0 Å². The summed E-state index contributed by atoms with van der Waals surface area (Å²) >= 11 is 1.76. The van der Waals surface area contributed by atoms with Crippen molar-refractivity contribution in [1.29, 1.82) is 0 Å². The zero-order valence-corrected chi connectivity index (χ0v) is 16.0. The summed E-state index contributed by atoms with van der Waals surface area (Å²) in [4.78, 5) is 7.82. The van der Waals surface area contributed by atoms with Crippen LogP contribution in [0, 0.1) is 0 Å². The Morgan fingerprint density at radius 1 is 1.41 bits per heavy atom. The molecular formula is C15H23IN4OS. The summed E-state index contributed by atoms with van der Waals surface area (Å²) in [5.74, 6) is 1.38. The molecule has 3 N–H and O–H groups in total. The van der Waals surface area contributed by atoms with Gasteiger partial charge in [0.1, 0.15) is 5.76 Å². The number of likely N-dealkylation sites (N-methyl/N-ethyl adjacent to an activating group) is 1. The van der Waals surface area contributed by atoms with E-state index in [1.54, 1.807) is 17.6 Å². The van der Waals surface area contributed by atoms with Crippen LogP contribution in [0.3, 0.4) is 0 Å². The van der Waals surface area contributed by atoms with E-state index in [9.17, 15) is 0 Å². The second kappa shape index (κ2) is 9.86. The van der Waals surface area contributed by atoms with E-state index < -0.39 is 0 Å². The van der Waals surface area contributed by atoms with Gasteiger partial charge in [-0.2, -0.15) is 0 Å². The van der Waals surface area contributed by atoms with Crippen LogP contribution in [0.15, 0.2) is 45.3 Å². The fourth-order valence-corrected chi connectivity index (χ4v) is 2.71. The Kier molecular flexibility index (Phi) is 8.51. The molecule has 1 atom stereocenters. The SMILES string of the molecule is CN(C)C(CN=C(N)NCCc1cccs1)c1ccco1.I. The molecule has 0 fully saturated rings. The average molecular weight is 434 g/mol.